The molecule has 0 aromatic heterocycles. The molecule has 0 bridgehead atoms. The fourth-order valence-electron chi connectivity index (χ4n) is 5.03. The number of piperidine rings is 1. The van der Waals surface area contributed by atoms with Crippen LogP contribution in [0.2, 0.25) is 0 Å². The zero-order chi connectivity index (χ0) is 27.0. The summed E-state index contributed by atoms with van der Waals surface area (Å²) in [6, 6.07) is 14.7. The van der Waals surface area contributed by atoms with Crippen LogP contribution in [0.15, 0.2) is 59.5 Å². The Hall–Kier alpha value is -3.76. The van der Waals surface area contributed by atoms with E-state index in [4.69, 9.17) is 4.74 Å². The molecule has 0 aliphatic carbocycles. The Morgan fingerprint density at radius 2 is 1.55 bits per heavy atom. The van der Waals surface area contributed by atoms with E-state index in [-0.39, 0.29) is 23.6 Å². The molecule has 1 fully saturated rings. The molecule has 2 aliphatic rings. The molecule has 0 atom stereocenters. The smallest absolute Gasteiger partial charge is 0.338 e. The molecule has 2 aliphatic heterocycles. The minimum atomic E-state index is -3.62. The summed E-state index contributed by atoms with van der Waals surface area (Å²) in [5.74, 6) is -1.51. The summed E-state index contributed by atoms with van der Waals surface area (Å²) in [7, 11) is -0.769. The standard InChI is InChI=1S/C28H29N3O6S/c1-29(2)38(35,36)20-11-9-19(10-12-20)28(34)37-18-17-31-26(32)22-8-6-7-21-24(30-15-4-3-5-16-30)14-13-23(25(21)22)27(31)33/h6-14H,3-5,15-18H2,1-2H3. The lowest BCUT2D eigenvalue weighted by Gasteiger charge is -2.32. The molecule has 3 aromatic rings. The third kappa shape index (κ3) is 4.54. The molecule has 1 saturated heterocycles. The van der Waals surface area contributed by atoms with Gasteiger partial charge in [0, 0.05) is 54.8 Å². The number of imide groups is 1. The normalized spacial score (nSPS) is 15.9. The van der Waals surface area contributed by atoms with E-state index in [1.807, 2.05) is 18.2 Å². The van der Waals surface area contributed by atoms with Gasteiger partial charge in [0.25, 0.3) is 11.8 Å². The number of rotatable bonds is 7. The number of benzene rings is 3. The van der Waals surface area contributed by atoms with E-state index >= 15 is 0 Å². The van der Waals surface area contributed by atoms with Gasteiger partial charge in [-0.3, -0.25) is 14.5 Å². The highest BCUT2D eigenvalue weighted by atomic mass is 32.2. The van der Waals surface area contributed by atoms with Crippen LogP contribution >= 0.6 is 0 Å². The van der Waals surface area contributed by atoms with Crippen LogP contribution in [-0.2, 0) is 14.8 Å². The zero-order valence-corrected chi connectivity index (χ0v) is 22.2. The van der Waals surface area contributed by atoms with Gasteiger partial charge in [0.2, 0.25) is 10.0 Å². The van der Waals surface area contributed by atoms with E-state index in [2.05, 4.69) is 4.90 Å². The van der Waals surface area contributed by atoms with Crippen molar-refractivity contribution < 1.29 is 27.5 Å². The lowest BCUT2D eigenvalue weighted by molar-refractivity contribution is 0.0405. The van der Waals surface area contributed by atoms with Crippen molar-refractivity contribution in [3.63, 3.8) is 0 Å². The summed E-state index contributed by atoms with van der Waals surface area (Å²) in [6.07, 6.45) is 3.44. The van der Waals surface area contributed by atoms with Gasteiger partial charge in [-0.1, -0.05) is 12.1 Å². The van der Waals surface area contributed by atoms with Crippen molar-refractivity contribution in [2.75, 3.05) is 45.2 Å². The Morgan fingerprint density at radius 1 is 0.895 bits per heavy atom. The summed E-state index contributed by atoms with van der Waals surface area (Å²) < 4.78 is 30.8. The van der Waals surface area contributed by atoms with E-state index < -0.39 is 27.8 Å². The Bertz CT molecular complexity index is 1500. The van der Waals surface area contributed by atoms with Crippen molar-refractivity contribution >= 4 is 44.3 Å². The molecule has 9 nitrogen and oxygen atoms in total. The first-order chi connectivity index (χ1) is 18.2. The summed E-state index contributed by atoms with van der Waals surface area (Å²) in [5.41, 5.74) is 2.12. The third-order valence-electron chi connectivity index (χ3n) is 7.08. The molecule has 0 unspecified atom stereocenters. The number of esters is 1. The third-order valence-corrected chi connectivity index (χ3v) is 8.91. The largest absolute Gasteiger partial charge is 0.460 e. The van der Waals surface area contributed by atoms with Crippen molar-refractivity contribution in [2.24, 2.45) is 0 Å². The molecule has 0 saturated carbocycles. The first kappa shape index (κ1) is 25.9. The molecule has 3 aromatic carbocycles. The van der Waals surface area contributed by atoms with Gasteiger partial charge in [0.15, 0.2) is 0 Å². The van der Waals surface area contributed by atoms with Crippen LogP contribution in [0.3, 0.4) is 0 Å². The van der Waals surface area contributed by atoms with Crippen LogP contribution in [0.4, 0.5) is 5.69 Å². The minimum Gasteiger partial charge on any atom is -0.460 e. The number of sulfonamides is 1. The van der Waals surface area contributed by atoms with E-state index in [9.17, 15) is 22.8 Å². The second-order valence-electron chi connectivity index (χ2n) is 9.62. The lowest BCUT2D eigenvalue weighted by atomic mass is 9.92. The molecule has 10 heteroatoms. The summed E-state index contributed by atoms with van der Waals surface area (Å²) >= 11 is 0. The van der Waals surface area contributed by atoms with Crippen molar-refractivity contribution in [3.05, 3.63) is 71.3 Å². The topological polar surface area (TPSA) is 104 Å². The Kier molecular flexibility index (Phi) is 6.93. The molecule has 38 heavy (non-hydrogen) atoms. The minimum absolute atomic E-state index is 0.0554. The first-order valence-electron chi connectivity index (χ1n) is 12.6. The predicted octanol–water partition coefficient (Wildman–Crippen LogP) is 3.53. The van der Waals surface area contributed by atoms with Gasteiger partial charge in [-0.15, -0.1) is 0 Å². The maximum absolute atomic E-state index is 13.3. The molecular formula is C28H29N3O6S. The number of hydrogen-bond donors (Lipinski definition) is 0. The molecule has 0 N–H and O–H groups in total. The average molecular weight is 536 g/mol. The van der Waals surface area contributed by atoms with Gasteiger partial charge < -0.3 is 9.64 Å². The van der Waals surface area contributed by atoms with E-state index in [1.54, 1.807) is 12.1 Å². The van der Waals surface area contributed by atoms with Crippen LogP contribution < -0.4 is 4.90 Å². The van der Waals surface area contributed by atoms with Crippen LogP contribution in [0.1, 0.15) is 50.3 Å². The first-order valence-corrected chi connectivity index (χ1v) is 14.0. The number of ether oxygens (including phenoxy) is 1. The van der Waals surface area contributed by atoms with Crippen molar-refractivity contribution in [1.29, 1.82) is 0 Å². The highest BCUT2D eigenvalue weighted by Gasteiger charge is 2.34. The number of carbonyl (C=O) groups is 3. The van der Waals surface area contributed by atoms with Crippen LogP contribution in [0, 0.1) is 0 Å². The van der Waals surface area contributed by atoms with Crippen molar-refractivity contribution in [3.8, 4) is 0 Å². The fraction of sp³-hybridized carbons (Fsp3) is 0.321. The Balaban J connectivity index is 1.30. The van der Waals surface area contributed by atoms with Crippen molar-refractivity contribution in [1.82, 2.24) is 9.21 Å². The number of hydrogen-bond acceptors (Lipinski definition) is 7. The van der Waals surface area contributed by atoms with Gasteiger partial charge in [-0.05, 0) is 61.7 Å². The van der Waals surface area contributed by atoms with E-state index in [1.165, 1.54) is 44.8 Å². The summed E-state index contributed by atoms with van der Waals surface area (Å²) in [6.45, 7) is 1.62. The highest BCUT2D eigenvalue weighted by Crippen LogP contribution is 2.36. The zero-order valence-electron chi connectivity index (χ0n) is 21.3. The van der Waals surface area contributed by atoms with Gasteiger partial charge in [0.05, 0.1) is 17.0 Å². The molecule has 0 radical (unpaired) electrons. The predicted molar refractivity (Wildman–Crippen MR) is 143 cm³/mol. The Morgan fingerprint density at radius 3 is 2.21 bits per heavy atom. The SMILES string of the molecule is CN(C)S(=O)(=O)c1ccc(C(=O)OCCN2C(=O)c3cccc4c(N5CCCCC5)ccc(c34)C2=O)cc1. The quantitative estimate of drug-likeness (QED) is 0.337. The number of amides is 2. The fourth-order valence-corrected chi connectivity index (χ4v) is 5.93. The summed E-state index contributed by atoms with van der Waals surface area (Å²) in [4.78, 5) is 42.6. The number of carbonyl (C=O) groups excluding carboxylic acids is 3. The van der Waals surface area contributed by atoms with Gasteiger partial charge in [-0.25, -0.2) is 17.5 Å². The van der Waals surface area contributed by atoms with Gasteiger partial charge in [-0.2, -0.15) is 0 Å². The second-order valence-corrected chi connectivity index (χ2v) is 11.8. The number of nitrogens with zero attached hydrogens (tertiary/aromatic N) is 3. The lowest BCUT2D eigenvalue weighted by Crippen LogP contribution is -2.42. The van der Waals surface area contributed by atoms with Gasteiger partial charge in [0.1, 0.15) is 6.61 Å². The molecule has 5 rings (SSSR count). The Labute approximate surface area is 221 Å². The second kappa shape index (κ2) is 10.2. The molecule has 2 amide bonds. The average Bonchev–Trinajstić information content (AvgIpc) is 2.93. The molecular weight excluding hydrogens is 506 g/mol. The highest BCUT2D eigenvalue weighted by molar-refractivity contribution is 7.89. The molecule has 2 heterocycles. The monoisotopic (exact) mass is 535 g/mol. The van der Waals surface area contributed by atoms with E-state index in [0.29, 0.717) is 16.5 Å². The molecule has 198 valence electrons. The van der Waals surface area contributed by atoms with Crippen LogP contribution in [-0.4, -0.2) is 75.7 Å². The maximum atomic E-state index is 13.3. The van der Waals surface area contributed by atoms with Gasteiger partial charge >= 0.3 is 5.97 Å². The van der Waals surface area contributed by atoms with Crippen LogP contribution in [0.25, 0.3) is 10.8 Å². The molecule has 0 spiro atoms. The maximum Gasteiger partial charge on any atom is 0.338 e. The van der Waals surface area contributed by atoms with Crippen LogP contribution in [0.5, 0.6) is 0 Å². The number of anilines is 1. The van der Waals surface area contributed by atoms with E-state index in [0.717, 1.165) is 46.2 Å². The summed E-state index contributed by atoms with van der Waals surface area (Å²) in [5, 5.41) is 1.57. The van der Waals surface area contributed by atoms with Crippen molar-refractivity contribution in [2.45, 2.75) is 24.2 Å².